The van der Waals surface area contributed by atoms with Crippen LogP contribution in [0.4, 0.5) is 14.6 Å². The van der Waals surface area contributed by atoms with Crippen molar-refractivity contribution in [2.24, 2.45) is 0 Å². The maximum atomic E-state index is 13.4. The minimum absolute atomic E-state index is 0.326. The van der Waals surface area contributed by atoms with Crippen LogP contribution in [0.1, 0.15) is 37.3 Å². The number of hydrogen-bond donors (Lipinski definition) is 1. The Morgan fingerprint density at radius 2 is 1.81 bits per heavy atom. The van der Waals surface area contributed by atoms with Gasteiger partial charge in [-0.15, -0.1) is 0 Å². The number of anilines is 1. The van der Waals surface area contributed by atoms with Gasteiger partial charge in [0.2, 0.25) is 0 Å². The molecular formula is C15H14BrF2N3. The molecule has 1 heterocycles. The highest BCUT2D eigenvalue weighted by atomic mass is 79.9. The van der Waals surface area contributed by atoms with Crippen molar-refractivity contribution in [2.75, 3.05) is 5.73 Å². The van der Waals surface area contributed by atoms with Crippen molar-refractivity contribution in [1.29, 1.82) is 0 Å². The lowest BCUT2D eigenvalue weighted by Gasteiger charge is -2.14. The molecule has 0 saturated heterocycles. The van der Waals surface area contributed by atoms with E-state index in [2.05, 4.69) is 25.9 Å². The van der Waals surface area contributed by atoms with Gasteiger partial charge in [0, 0.05) is 11.5 Å². The second-order valence-corrected chi connectivity index (χ2v) is 6.03. The highest BCUT2D eigenvalue weighted by molar-refractivity contribution is 9.10. The third kappa shape index (κ3) is 2.77. The van der Waals surface area contributed by atoms with Crippen molar-refractivity contribution in [1.82, 2.24) is 9.97 Å². The van der Waals surface area contributed by atoms with E-state index in [9.17, 15) is 8.78 Å². The third-order valence-electron chi connectivity index (χ3n) is 3.82. The number of aromatic nitrogens is 2. The molecule has 0 unspecified atom stereocenters. The summed E-state index contributed by atoms with van der Waals surface area (Å²) in [5.41, 5.74) is 7.21. The lowest BCUT2D eigenvalue weighted by Crippen LogP contribution is -2.06. The Kier molecular flexibility index (Phi) is 3.89. The van der Waals surface area contributed by atoms with Gasteiger partial charge in [-0.2, -0.15) is 0 Å². The smallest absolute Gasteiger partial charge is 0.161 e. The molecule has 3 rings (SSSR count). The van der Waals surface area contributed by atoms with E-state index in [-0.39, 0.29) is 0 Å². The summed E-state index contributed by atoms with van der Waals surface area (Å²) in [6.45, 7) is 0. The molecule has 1 fully saturated rings. The van der Waals surface area contributed by atoms with E-state index in [1.165, 1.54) is 18.9 Å². The van der Waals surface area contributed by atoms with Gasteiger partial charge in [0.1, 0.15) is 5.82 Å². The number of hydrogen-bond acceptors (Lipinski definition) is 3. The summed E-state index contributed by atoms with van der Waals surface area (Å²) in [7, 11) is 0. The van der Waals surface area contributed by atoms with Crippen LogP contribution in [0.25, 0.3) is 11.4 Å². The molecule has 0 spiro atoms. The molecular weight excluding hydrogens is 340 g/mol. The molecule has 0 bridgehead atoms. The Bertz CT molecular complexity index is 685. The Morgan fingerprint density at radius 1 is 1.10 bits per heavy atom. The minimum Gasteiger partial charge on any atom is -0.383 e. The molecule has 1 aromatic carbocycles. The van der Waals surface area contributed by atoms with Gasteiger partial charge in [-0.25, -0.2) is 18.7 Å². The first-order valence-corrected chi connectivity index (χ1v) is 7.64. The third-order valence-corrected chi connectivity index (χ3v) is 4.63. The molecule has 1 saturated carbocycles. The molecule has 1 aromatic heterocycles. The predicted octanol–water partition coefficient (Wildman–Crippen LogP) is 4.42. The van der Waals surface area contributed by atoms with Crippen molar-refractivity contribution >= 4 is 21.7 Å². The highest BCUT2D eigenvalue weighted by Crippen LogP contribution is 2.39. The fourth-order valence-electron chi connectivity index (χ4n) is 2.72. The van der Waals surface area contributed by atoms with Gasteiger partial charge in [-0.05, 0) is 47.0 Å². The summed E-state index contributed by atoms with van der Waals surface area (Å²) < 4.78 is 27.1. The van der Waals surface area contributed by atoms with Crippen LogP contribution in [0, 0.1) is 11.6 Å². The standard InChI is InChI=1S/C15H14BrF2N3/c16-12-13(8-3-1-2-4-8)20-15(21-14(12)19)9-5-6-10(17)11(18)7-9/h5-8H,1-4H2,(H2,19,20,21). The quantitative estimate of drug-likeness (QED) is 0.868. The van der Waals surface area contributed by atoms with Crippen LogP contribution in [-0.4, -0.2) is 9.97 Å². The molecule has 0 atom stereocenters. The van der Waals surface area contributed by atoms with Crippen molar-refractivity contribution in [3.05, 3.63) is 40.0 Å². The second-order valence-electron chi connectivity index (χ2n) is 5.24. The molecule has 110 valence electrons. The Morgan fingerprint density at radius 3 is 2.48 bits per heavy atom. The molecule has 2 N–H and O–H groups in total. The molecule has 0 aliphatic heterocycles. The summed E-state index contributed by atoms with van der Waals surface area (Å²) in [6, 6.07) is 3.62. The SMILES string of the molecule is Nc1nc(-c2ccc(F)c(F)c2)nc(C2CCCC2)c1Br. The van der Waals surface area contributed by atoms with E-state index < -0.39 is 11.6 Å². The van der Waals surface area contributed by atoms with E-state index in [0.717, 1.165) is 30.7 Å². The van der Waals surface area contributed by atoms with E-state index in [4.69, 9.17) is 5.73 Å². The zero-order valence-corrected chi connectivity index (χ0v) is 12.8. The van der Waals surface area contributed by atoms with Gasteiger partial charge in [0.15, 0.2) is 17.5 Å². The highest BCUT2D eigenvalue weighted by Gasteiger charge is 2.23. The number of nitrogen functional groups attached to an aromatic ring is 1. The maximum absolute atomic E-state index is 13.4. The van der Waals surface area contributed by atoms with Crippen LogP contribution in [0.3, 0.4) is 0 Å². The maximum Gasteiger partial charge on any atom is 0.161 e. The first-order valence-electron chi connectivity index (χ1n) is 6.84. The number of rotatable bonds is 2. The Labute approximate surface area is 129 Å². The number of nitrogens with two attached hydrogens (primary N) is 1. The van der Waals surface area contributed by atoms with E-state index in [1.54, 1.807) is 0 Å². The molecule has 6 heteroatoms. The fourth-order valence-corrected chi connectivity index (χ4v) is 3.22. The van der Waals surface area contributed by atoms with Gasteiger partial charge in [-0.3, -0.25) is 0 Å². The molecule has 0 radical (unpaired) electrons. The zero-order valence-electron chi connectivity index (χ0n) is 11.2. The molecule has 1 aliphatic rings. The summed E-state index contributed by atoms with van der Waals surface area (Å²) in [4.78, 5) is 8.71. The first-order chi connectivity index (χ1) is 10.1. The Hall–Kier alpha value is -1.56. The zero-order chi connectivity index (χ0) is 15.0. The lowest BCUT2D eigenvalue weighted by molar-refractivity contribution is 0.509. The average Bonchev–Trinajstić information content (AvgIpc) is 2.98. The molecule has 21 heavy (non-hydrogen) atoms. The van der Waals surface area contributed by atoms with E-state index in [0.29, 0.717) is 27.6 Å². The number of nitrogens with zero attached hydrogens (tertiary/aromatic N) is 2. The minimum atomic E-state index is -0.917. The van der Waals surface area contributed by atoms with Crippen LogP contribution >= 0.6 is 15.9 Å². The van der Waals surface area contributed by atoms with Gasteiger partial charge in [0.05, 0.1) is 10.2 Å². The van der Waals surface area contributed by atoms with E-state index in [1.807, 2.05) is 0 Å². The normalized spacial score (nSPS) is 15.6. The molecule has 2 aromatic rings. The van der Waals surface area contributed by atoms with Gasteiger partial charge < -0.3 is 5.73 Å². The van der Waals surface area contributed by atoms with Crippen molar-refractivity contribution < 1.29 is 8.78 Å². The summed E-state index contributed by atoms with van der Waals surface area (Å²) in [5.74, 6) is -0.809. The summed E-state index contributed by atoms with van der Waals surface area (Å²) in [5, 5.41) is 0. The lowest BCUT2D eigenvalue weighted by atomic mass is 10.0. The number of benzene rings is 1. The van der Waals surface area contributed by atoms with Crippen LogP contribution in [0.5, 0.6) is 0 Å². The second kappa shape index (κ2) is 5.67. The summed E-state index contributed by atoms with van der Waals surface area (Å²) >= 11 is 3.44. The Balaban J connectivity index is 2.08. The van der Waals surface area contributed by atoms with Crippen molar-refractivity contribution in [3.8, 4) is 11.4 Å². The van der Waals surface area contributed by atoms with Crippen molar-refractivity contribution in [3.63, 3.8) is 0 Å². The van der Waals surface area contributed by atoms with Crippen molar-refractivity contribution in [2.45, 2.75) is 31.6 Å². The van der Waals surface area contributed by atoms with Gasteiger partial charge >= 0.3 is 0 Å². The monoisotopic (exact) mass is 353 g/mol. The van der Waals surface area contributed by atoms with Crippen LogP contribution in [-0.2, 0) is 0 Å². The molecule has 0 amide bonds. The fraction of sp³-hybridized carbons (Fsp3) is 0.333. The molecule has 1 aliphatic carbocycles. The topological polar surface area (TPSA) is 51.8 Å². The molecule has 3 nitrogen and oxygen atoms in total. The number of halogens is 3. The first kappa shape index (κ1) is 14.4. The summed E-state index contributed by atoms with van der Waals surface area (Å²) in [6.07, 6.45) is 4.46. The predicted molar refractivity (Wildman–Crippen MR) is 80.7 cm³/mol. The van der Waals surface area contributed by atoms with Crippen LogP contribution < -0.4 is 5.73 Å². The van der Waals surface area contributed by atoms with Crippen LogP contribution in [0.15, 0.2) is 22.7 Å². The van der Waals surface area contributed by atoms with Gasteiger partial charge in [-0.1, -0.05) is 12.8 Å². The largest absolute Gasteiger partial charge is 0.383 e. The van der Waals surface area contributed by atoms with Gasteiger partial charge in [0.25, 0.3) is 0 Å². The van der Waals surface area contributed by atoms with E-state index >= 15 is 0 Å². The average molecular weight is 354 g/mol. The van der Waals surface area contributed by atoms with Crippen LogP contribution in [0.2, 0.25) is 0 Å².